The molecule has 0 aliphatic carbocycles. The molecule has 7 nitrogen and oxygen atoms in total. The zero-order valence-corrected chi connectivity index (χ0v) is 18.5. The second-order valence-electron chi connectivity index (χ2n) is 7.20. The van der Waals surface area contributed by atoms with Crippen molar-refractivity contribution >= 4 is 45.7 Å². The molecule has 4 rings (SSSR count). The number of nitrogens with one attached hydrogen (secondary N) is 1. The molecule has 3 aromatic rings. The van der Waals surface area contributed by atoms with Crippen LogP contribution in [0.4, 0.5) is 10.7 Å². The Kier molecular flexibility index (Phi) is 5.63. The summed E-state index contributed by atoms with van der Waals surface area (Å²) in [6.07, 6.45) is 0. The van der Waals surface area contributed by atoms with E-state index in [9.17, 15) is 19.2 Å². The van der Waals surface area contributed by atoms with Gasteiger partial charge in [0, 0.05) is 10.4 Å². The number of hydrogen-bond acceptors (Lipinski definition) is 6. The minimum atomic E-state index is -0.496. The molecule has 0 atom stereocenters. The molecule has 0 radical (unpaired) electrons. The van der Waals surface area contributed by atoms with Crippen molar-refractivity contribution in [2.75, 3.05) is 16.8 Å². The number of imide groups is 1. The number of aryl methyl sites for hydroxylation is 1. The molecule has 32 heavy (non-hydrogen) atoms. The predicted molar refractivity (Wildman–Crippen MR) is 122 cm³/mol. The Hall–Kier alpha value is -3.78. The van der Waals surface area contributed by atoms with Crippen LogP contribution >= 0.6 is 11.3 Å². The Morgan fingerprint density at radius 3 is 2.28 bits per heavy atom. The van der Waals surface area contributed by atoms with E-state index >= 15 is 0 Å². The molecule has 0 saturated carbocycles. The Balaban J connectivity index is 1.63. The highest BCUT2D eigenvalue weighted by Gasteiger charge is 2.36. The van der Waals surface area contributed by atoms with Crippen molar-refractivity contribution in [1.82, 2.24) is 0 Å². The van der Waals surface area contributed by atoms with Gasteiger partial charge in [0.05, 0.1) is 29.0 Å². The molecular weight excluding hydrogens is 428 g/mol. The van der Waals surface area contributed by atoms with Crippen molar-refractivity contribution in [3.8, 4) is 0 Å². The van der Waals surface area contributed by atoms with E-state index in [1.807, 2.05) is 6.92 Å². The topological polar surface area (TPSA) is 92.8 Å². The first-order chi connectivity index (χ1) is 15.3. The van der Waals surface area contributed by atoms with E-state index in [-0.39, 0.29) is 12.2 Å². The lowest BCUT2D eigenvalue weighted by Crippen LogP contribution is -2.29. The second kappa shape index (κ2) is 8.39. The van der Waals surface area contributed by atoms with Gasteiger partial charge in [0.2, 0.25) is 0 Å². The monoisotopic (exact) mass is 448 g/mol. The molecular formula is C24H20N2O5S. The van der Waals surface area contributed by atoms with Crippen LogP contribution < -0.4 is 10.2 Å². The van der Waals surface area contributed by atoms with Gasteiger partial charge in [-0.15, -0.1) is 11.3 Å². The summed E-state index contributed by atoms with van der Waals surface area (Å²) < 4.78 is 5.13. The molecule has 0 unspecified atom stereocenters. The fraction of sp³-hybridized carbons (Fsp3) is 0.167. The number of carbonyl (C=O) groups excluding carboxylic acids is 4. The molecule has 1 aromatic heterocycles. The molecule has 162 valence electrons. The zero-order valence-electron chi connectivity index (χ0n) is 17.7. The highest BCUT2D eigenvalue weighted by molar-refractivity contribution is 7.16. The Labute approximate surface area is 188 Å². The third-order valence-corrected chi connectivity index (χ3v) is 6.38. The highest BCUT2D eigenvalue weighted by Crippen LogP contribution is 2.34. The number of amides is 3. The number of ether oxygens (including phenoxy) is 1. The average molecular weight is 449 g/mol. The first-order valence-corrected chi connectivity index (χ1v) is 10.8. The van der Waals surface area contributed by atoms with Crippen molar-refractivity contribution in [3.05, 3.63) is 81.2 Å². The number of esters is 1. The average Bonchev–Trinajstić information content (AvgIpc) is 3.20. The molecule has 0 saturated heterocycles. The Morgan fingerprint density at radius 2 is 1.66 bits per heavy atom. The molecule has 1 aliphatic rings. The maximum Gasteiger partial charge on any atom is 0.341 e. The Morgan fingerprint density at radius 1 is 1.00 bits per heavy atom. The smallest absolute Gasteiger partial charge is 0.341 e. The predicted octanol–water partition coefficient (Wildman–Crippen LogP) is 4.59. The summed E-state index contributed by atoms with van der Waals surface area (Å²) in [7, 11) is 0. The van der Waals surface area contributed by atoms with Gasteiger partial charge in [-0.3, -0.25) is 14.4 Å². The van der Waals surface area contributed by atoms with E-state index in [1.165, 1.54) is 17.4 Å². The second-order valence-corrected chi connectivity index (χ2v) is 8.43. The molecule has 3 amide bonds. The van der Waals surface area contributed by atoms with E-state index in [2.05, 4.69) is 5.32 Å². The summed E-state index contributed by atoms with van der Waals surface area (Å²) in [6, 6.07) is 12.9. The van der Waals surface area contributed by atoms with Gasteiger partial charge in [-0.1, -0.05) is 18.2 Å². The van der Waals surface area contributed by atoms with Crippen LogP contribution in [0.2, 0.25) is 0 Å². The third kappa shape index (κ3) is 3.58. The van der Waals surface area contributed by atoms with Crippen LogP contribution in [0.3, 0.4) is 0 Å². The van der Waals surface area contributed by atoms with Crippen molar-refractivity contribution in [3.63, 3.8) is 0 Å². The van der Waals surface area contributed by atoms with E-state index in [0.717, 1.165) is 15.3 Å². The van der Waals surface area contributed by atoms with Crippen LogP contribution in [0, 0.1) is 13.8 Å². The lowest BCUT2D eigenvalue weighted by atomic mass is 10.1. The maximum absolute atomic E-state index is 13.0. The van der Waals surface area contributed by atoms with E-state index in [1.54, 1.807) is 56.3 Å². The van der Waals surface area contributed by atoms with Crippen LogP contribution in [0.25, 0.3) is 0 Å². The van der Waals surface area contributed by atoms with Crippen LogP contribution in [-0.4, -0.2) is 30.3 Å². The van der Waals surface area contributed by atoms with Crippen LogP contribution in [0.15, 0.2) is 48.5 Å². The van der Waals surface area contributed by atoms with Crippen LogP contribution in [0.1, 0.15) is 58.8 Å². The lowest BCUT2D eigenvalue weighted by Gasteiger charge is -2.15. The maximum atomic E-state index is 13.0. The number of hydrogen-bond donors (Lipinski definition) is 1. The SMILES string of the molecule is CCOC(=O)c1c(NC(=O)c2cccc(N3C(=O)c4ccccc4C3=O)c2)sc(C)c1C. The van der Waals surface area contributed by atoms with E-state index < -0.39 is 23.7 Å². The number of carbonyl (C=O) groups is 4. The summed E-state index contributed by atoms with van der Waals surface area (Å²) in [5.74, 6) is -1.82. The van der Waals surface area contributed by atoms with Crippen molar-refractivity contribution in [2.45, 2.75) is 20.8 Å². The van der Waals surface area contributed by atoms with Gasteiger partial charge in [-0.05, 0) is 56.7 Å². The van der Waals surface area contributed by atoms with Crippen LogP contribution in [-0.2, 0) is 4.74 Å². The normalized spacial score (nSPS) is 12.7. The minimum absolute atomic E-state index is 0.225. The van der Waals surface area contributed by atoms with Gasteiger partial charge >= 0.3 is 5.97 Å². The Bertz CT molecular complexity index is 1240. The van der Waals surface area contributed by atoms with Gasteiger partial charge in [0.25, 0.3) is 17.7 Å². The van der Waals surface area contributed by atoms with Crippen molar-refractivity contribution < 1.29 is 23.9 Å². The molecule has 0 fully saturated rings. The van der Waals surface area contributed by atoms with Gasteiger partial charge < -0.3 is 10.1 Å². The summed E-state index contributed by atoms with van der Waals surface area (Å²) in [5.41, 5.74) is 2.29. The summed E-state index contributed by atoms with van der Waals surface area (Å²) in [5, 5.41) is 3.17. The largest absolute Gasteiger partial charge is 0.462 e. The zero-order chi connectivity index (χ0) is 23.0. The van der Waals surface area contributed by atoms with Gasteiger partial charge in [-0.2, -0.15) is 0 Å². The minimum Gasteiger partial charge on any atom is -0.462 e. The molecule has 2 aromatic carbocycles. The molecule has 0 spiro atoms. The molecule has 0 bridgehead atoms. The number of thiophene rings is 1. The lowest BCUT2D eigenvalue weighted by molar-refractivity contribution is 0.0527. The summed E-state index contributed by atoms with van der Waals surface area (Å²) in [6.45, 7) is 5.61. The van der Waals surface area contributed by atoms with Gasteiger partial charge in [0.15, 0.2) is 0 Å². The molecule has 2 heterocycles. The summed E-state index contributed by atoms with van der Waals surface area (Å²) in [4.78, 5) is 52.8. The van der Waals surface area contributed by atoms with Crippen molar-refractivity contribution in [2.24, 2.45) is 0 Å². The van der Waals surface area contributed by atoms with Gasteiger partial charge in [-0.25, -0.2) is 9.69 Å². The third-order valence-electron chi connectivity index (χ3n) is 5.25. The molecule has 1 aliphatic heterocycles. The fourth-order valence-corrected chi connectivity index (χ4v) is 4.59. The number of nitrogens with zero attached hydrogens (tertiary/aromatic N) is 1. The number of benzene rings is 2. The molecule has 1 N–H and O–H groups in total. The van der Waals surface area contributed by atoms with E-state index in [4.69, 9.17) is 4.74 Å². The van der Waals surface area contributed by atoms with E-state index in [0.29, 0.717) is 27.4 Å². The van der Waals surface area contributed by atoms with Crippen molar-refractivity contribution in [1.29, 1.82) is 0 Å². The van der Waals surface area contributed by atoms with Crippen LogP contribution in [0.5, 0.6) is 0 Å². The first kappa shape index (κ1) is 21.5. The van der Waals surface area contributed by atoms with Gasteiger partial charge in [0.1, 0.15) is 5.00 Å². The number of fused-ring (bicyclic) bond motifs is 1. The fourth-order valence-electron chi connectivity index (χ4n) is 3.55. The quantitative estimate of drug-likeness (QED) is 0.455. The number of rotatable bonds is 5. The summed E-state index contributed by atoms with van der Waals surface area (Å²) >= 11 is 1.29. The molecule has 8 heteroatoms. The highest BCUT2D eigenvalue weighted by atomic mass is 32.1. The standard InChI is InChI=1S/C24H20N2O5S/c1-4-31-24(30)19-13(2)14(3)32-21(19)25-20(27)15-8-7-9-16(12-15)26-22(28)17-10-5-6-11-18(17)23(26)29/h5-12H,4H2,1-3H3,(H,25,27). The number of anilines is 2. The first-order valence-electron chi connectivity index (χ1n) is 9.99.